The molecule has 0 atom stereocenters. The predicted molar refractivity (Wildman–Crippen MR) is 79.4 cm³/mol. The number of aromatic hydroxyl groups is 1. The number of hydrogen-bond acceptors (Lipinski definition) is 5. The van der Waals surface area contributed by atoms with E-state index in [1.165, 1.54) is 30.0 Å². The van der Waals surface area contributed by atoms with Gasteiger partial charge in [0, 0.05) is 16.5 Å². The van der Waals surface area contributed by atoms with E-state index in [0.29, 0.717) is 16.0 Å². The van der Waals surface area contributed by atoms with Crippen molar-refractivity contribution < 1.29 is 14.8 Å². The first-order valence-electron chi connectivity index (χ1n) is 6.07. The van der Waals surface area contributed by atoms with Gasteiger partial charge in [0.15, 0.2) is 5.75 Å². The van der Waals surface area contributed by atoms with Crippen LogP contribution in [-0.4, -0.2) is 15.8 Å². The van der Waals surface area contributed by atoms with Gasteiger partial charge in [-0.3, -0.25) is 14.9 Å². The molecule has 1 heterocycles. The maximum Gasteiger partial charge on any atom is 0.311 e. The van der Waals surface area contributed by atoms with Crippen LogP contribution in [0.25, 0.3) is 6.08 Å². The zero-order valence-electron chi connectivity index (χ0n) is 10.6. The van der Waals surface area contributed by atoms with Gasteiger partial charge in [-0.25, -0.2) is 0 Å². The number of hydrogen-bond donors (Lipinski definition) is 1. The summed E-state index contributed by atoms with van der Waals surface area (Å²) < 4.78 is 0. The van der Waals surface area contributed by atoms with Crippen molar-refractivity contribution in [3.63, 3.8) is 0 Å². The Morgan fingerprint density at radius 3 is 2.67 bits per heavy atom. The maximum absolute atomic E-state index is 12.2. The van der Waals surface area contributed by atoms with Crippen LogP contribution in [0.15, 0.2) is 52.3 Å². The fraction of sp³-hybridized carbons (Fsp3) is 0. The summed E-state index contributed by atoms with van der Waals surface area (Å²) in [5.74, 6) is -0.484. The Bertz CT molecular complexity index is 798. The van der Waals surface area contributed by atoms with Crippen LogP contribution >= 0.6 is 11.8 Å². The Morgan fingerprint density at radius 2 is 1.95 bits per heavy atom. The van der Waals surface area contributed by atoms with E-state index in [1.807, 2.05) is 12.1 Å². The molecule has 104 valence electrons. The lowest BCUT2D eigenvalue weighted by Crippen LogP contribution is -1.94. The number of phenolic OH excluding ortho intramolecular Hbond substituents is 1. The zero-order chi connectivity index (χ0) is 15.0. The quantitative estimate of drug-likeness (QED) is 0.520. The molecule has 5 nitrogen and oxygen atoms in total. The molecule has 0 spiro atoms. The summed E-state index contributed by atoms with van der Waals surface area (Å²) in [5.41, 5.74) is 0.766. The van der Waals surface area contributed by atoms with Crippen molar-refractivity contribution >= 4 is 29.3 Å². The Hall–Kier alpha value is -2.60. The normalized spacial score (nSPS) is 15.2. The molecule has 0 aliphatic carbocycles. The van der Waals surface area contributed by atoms with Crippen molar-refractivity contribution in [3.05, 3.63) is 68.6 Å². The van der Waals surface area contributed by atoms with Crippen LogP contribution in [-0.2, 0) is 0 Å². The topological polar surface area (TPSA) is 80.4 Å². The molecule has 1 aliphatic rings. The molecule has 1 aliphatic heterocycles. The van der Waals surface area contributed by atoms with Gasteiger partial charge in [-0.2, -0.15) is 0 Å². The van der Waals surface area contributed by atoms with Gasteiger partial charge in [-0.15, -0.1) is 0 Å². The number of Topliss-reactive ketones (excluding diaryl/α,β-unsaturated/α-hetero) is 1. The van der Waals surface area contributed by atoms with Gasteiger partial charge >= 0.3 is 5.69 Å². The molecular formula is C15H9NO4S. The van der Waals surface area contributed by atoms with E-state index in [2.05, 4.69) is 0 Å². The molecule has 0 saturated carbocycles. The van der Waals surface area contributed by atoms with E-state index in [4.69, 9.17) is 0 Å². The number of nitrogens with zero attached hydrogens (tertiary/aromatic N) is 1. The third-order valence-corrected chi connectivity index (χ3v) is 4.17. The van der Waals surface area contributed by atoms with Crippen LogP contribution in [0, 0.1) is 10.1 Å². The van der Waals surface area contributed by atoms with Crippen molar-refractivity contribution in [2.75, 3.05) is 0 Å². The molecule has 0 bridgehead atoms. The average Bonchev–Trinajstić information content (AvgIpc) is 2.78. The Labute approximate surface area is 124 Å². The van der Waals surface area contributed by atoms with Crippen molar-refractivity contribution in [3.8, 4) is 5.75 Å². The van der Waals surface area contributed by atoms with Crippen LogP contribution in [0.3, 0.4) is 0 Å². The molecule has 0 fully saturated rings. The number of fused-ring (bicyclic) bond motifs is 1. The first-order valence-corrected chi connectivity index (χ1v) is 6.88. The molecule has 0 radical (unpaired) electrons. The summed E-state index contributed by atoms with van der Waals surface area (Å²) >= 11 is 1.34. The number of nitro groups is 1. The molecule has 0 amide bonds. The lowest BCUT2D eigenvalue weighted by Gasteiger charge is -1.99. The highest BCUT2D eigenvalue weighted by atomic mass is 32.2. The molecule has 2 aromatic carbocycles. The first-order chi connectivity index (χ1) is 10.1. The van der Waals surface area contributed by atoms with Gasteiger partial charge in [0.1, 0.15) is 0 Å². The highest BCUT2D eigenvalue weighted by Gasteiger charge is 2.25. The highest BCUT2D eigenvalue weighted by Crippen LogP contribution is 2.41. The molecule has 0 unspecified atom stereocenters. The van der Waals surface area contributed by atoms with E-state index in [1.54, 1.807) is 18.2 Å². The van der Waals surface area contributed by atoms with Crippen molar-refractivity contribution in [1.29, 1.82) is 0 Å². The van der Waals surface area contributed by atoms with E-state index in [0.717, 1.165) is 4.90 Å². The van der Waals surface area contributed by atoms with E-state index in [-0.39, 0.29) is 11.5 Å². The Kier molecular flexibility index (Phi) is 3.23. The van der Waals surface area contributed by atoms with Gasteiger partial charge < -0.3 is 5.11 Å². The monoisotopic (exact) mass is 299 g/mol. The smallest absolute Gasteiger partial charge is 0.311 e. The largest absolute Gasteiger partial charge is 0.502 e. The van der Waals surface area contributed by atoms with E-state index < -0.39 is 10.7 Å². The zero-order valence-corrected chi connectivity index (χ0v) is 11.5. The minimum absolute atomic E-state index is 0.0914. The summed E-state index contributed by atoms with van der Waals surface area (Å²) in [6.07, 6.45) is 1.60. The predicted octanol–water partition coefficient (Wildman–Crippen LogP) is 3.63. The second kappa shape index (κ2) is 5.06. The molecule has 21 heavy (non-hydrogen) atoms. The van der Waals surface area contributed by atoms with Gasteiger partial charge in [0.05, 0.1) is 9.83 Å². The molecule has 6 heteroatoms. The molecule has 2 aromatic rings. The number of benzene rings is 2. The van der Waals surface area contributed by atoms with Crippen molar-refractivity contribution in [2.45, 2.75) is 4.90 Å². The summed E-state index contributed by atoms with van der Waals surface area (Å²) in [5, 5.41) is 20.2. The number of carbonyl (C=O) groups excluding carboxylic acids is 1. The summed E-state index contributed by atoms with van der Waals surface area (Å²) in [7, 11) is 0. The Balaban J connectivity index is 2.00. The third-order valence-electron chi connectivity index (χ3n) is 3.07. The maximum atomic E-state index is 12.2. The SMILES string of the molecule is O=C1/C(=C/c2ccc(O)c([N+](=O)[O-])c2)Sc2ccccc21. The van der Waals surface area contributed by atoms with Crippen molar-refractivity contribution in [1.82, 2.24) is 0 Å². The number of rotatable bonds is 2. The van der Waals surface area contributed by atoms with Crippen LogP contribution in [0.2, 0.25) is 0 Å². The third kappa shape index (κ3) is 2.41. The number of ketones is 1. The van der Waals surface area contributed by atoms with Gasteiger partial charge in [-0.1, -0.05) is 30.0 Å². The van der Waals surface area contributed by atoms with Crippen LogP contribution in [0.5, 0.6) is 5.75 Å². The van der Waals surface area contributed by atoms with Gasteiger partial charge in [0.25, 0.3) is 0 Å². The van der Waals surface area contributed by atoms with Gasteiger partial charge in [-0.05, 0) is 29.8 Å². The number of phenols is 1. The fourth-order valence-corrected chi connectivity index (χ4v) is 3.12. The number of thioether (sulfide) groups is 1. The van der Waals surface area contributed by atoms with E-state index in [9.17, 15) is 20.0 Å². The minimum Gasteiger partial charge on any atom is -0.502 e. The molecular weight excluding hydrogens is 290 g/mol. The molecule has 0 aromatic heterocycles. The van der Waals surface area contributed by atoms with Crippen LogP contribution < -0.4 is 0 Å². The molecule has 0 saturated heterocycles. The standard InChI is InChI=1S/C15H9NO4S/c17-12-6-5-9(7-11(12)16(19)20)8-14-15(18)10-3-1-2-4-13(10)21-14/h1-8,17H/b14-8-. The van der Waals surface area contributed by atoms with E-state index >= 15 is 0 Å². The lowest BCUT2D eigenvalue weighted by molar-refractivity contribution is -0.385. The van der Waals surface area contributed by atoms with Gasteiger partial charge in [0.2, 0.25) is 5.78 Å². The number of nitro benzene ring substituents is 1. The summed E-state index contributed by atoms with van der Waals surface area (Å²) in [6.45, 7) is 0. The first kappa shape index (κ1) is 13.4. The number of allylic oxidation sites excluding steroid dienone is 1. The average molecular weight is 299 g/mol. The second-order valence-electron chi connectivity index (χ2n) is 4.44. The molecule has 1 N–H and O–H groups in total. The molecule has 3 rings (SSSR count). The number of carbonyl (C=O) groups is 1. The fourth-order valence-electron chi connectivity index (χ4n) is 2.06. The van der Waals surface area contributed by atoms with Crippen molar-refractivity contribution in [2.24, 2.45) is 0 Å². The lowest BCUT2D eigenvalue weighted by atomic mass is 10.1. The van der Waals surface area contributed by atoms with Crippen LogP contribution in [0.1, 0.15) is 15.9 Å². The summed E-state index contributed by atoms with van der Waals surface area (Å²) in [4.78, 5) is 23.8. The second-order valence-corrected chi connectivity index (χ2v) is 5.52. The summed E-state index contributed by atoms with van der Waals surface area (Å²) in [6, 6.07) is 11.3. The minimum atomic E-state index is -0.657. The van der Waals surface area contributed by atoms with Crippen LogP contribution in [0.4, 0.5) is 5.69 Å². The Morgan fingerprint density at radius 1 is 1.19 bits per heavy atom. The highest BCUT2D eigenvalue weighted by molar-refractivity contribution is 8.04.